The van der Waals surface area contributed by atoms with Crippen LogP contribution >= 0.6 is 0 Å². The summed E-state index contributed by atoms with van der Waals surface area (Å²) in [5.41, 5.74) is 5.72. The van der Waals surface area contributed by atoms with Gasteiger partial charge in [-0.25, -0.2) is 0 Å². The van der Waals surface area contributed by atoms with E-state index in [4.69, 9.17) is 19.6 Å². The van der Waals surface area contributed by atoms with Crippen molar-refractivity contribution in [3.63, 3.8) is 0 Å². The molecule has 1 aromatic rings. The Hall–Kier alpha value is -2.15. The first kappa shape index (κ1) is 19.2. The van der Waals surface area contributed by atoms with Crippen LogP contribution in [0.15, 0.2) is 23.0 Å². The van der Waals surface area contributed by atoms with Gasteiger partial charge < -0.3 is 19.6 Å². The molecule has 7 atom stereocenters. The highest BCUT2D eigenvalue weighted by Crippen LogP contribution is 2.64. The molecule has 1 aliphatic heterocycles. The van der Waals surface area contributed by atoms with E-state index in [0.29, 0.717) is 19.3 Å². The number of cyclic esters (lactones) is 1. The van der Waals surface area contributed by atoms with Gasteiger partial charge in [-0.2, -0.15) is 0 Å². The van der Waals surface area contributed by atoms with Crippen LogP contribution in [0.1, 0.15) is 51.2 Å². The molecule has 7 nitrogen and oxygen atoms in total. The van der Waals surface area contributed by atoms with Crippen LogP contribution in [0.25, 0.3) is 0 Å². The van der Waals surface area contributed by atoms with Crippen molar-refractivity contribution < 1.29 is 28.3 Å². The molecule has 2 saturated carbocycles. The molecule has 2 heterocycles. The fourth-order valence-electron chi connectivity index (χ4n) is 6.23. The molecule has 3 fully saturated rings. The molecule has 0 bridgehead atoms. The molecule has 2 N–H and O–H groups in total. The van der Waals surface area contributed by atoms with Crippen molar-refractivity contribution >= 4 is 17.7 Å². The third-order valence-electron chi connectivity index (χ3n) is 7.59. The maximum Gasteiger partial charge on any atom is 0.310 e. The Morgan fingerprint density at radius 2 is 2.04 bits per heavy atom. The number of ketones is 1. The first-order valence-corrected chi connectivity index (χ1v) is 9.82. The van der Waals surface area contributed by atoms with Crippen LogP contribution < -0.4 is 5.73 Å². The Bertz CT molecular complexity index is 804. The number of hydrogen-bond acceptors (Lipinski definition) is 7. The SMILES string of the molecule is COC(=O)[C@@H]1C[C@@H](N)C(=O)C2[C@@]1(C)CC[C@H]1C(=O)O[C@H](c3ccoc3)C[C@]21C. The second kappa shape index (κ2) is 6.44. The van der Waals surface area contributed by atoms with Crippen molar-refractivity contribution in [2.45, 2.75) is 51.7 Å². The summed E-state index contributed by atoms with van der Waals surface area (Å²) in [5, 5.41) is 0. The summed E-state index contributed by atoms with van der Waals surface area (Å²) in [5.74, 6) is -2.03. The number of carbonyl (C=O) groups excluding carboxylic acids is 3. The molecule has 1 aromatic heterocycles. The quantitative estimate of drug-likeness (QED) is 0.774. The van der Waals surface area contributed by atoms with E-state index in [9.17, 15) is 14.4 Å². The topological polar surface area (TPSA) is 109 Å². The summed E-state index contributed by atoms with van der Waals surface area (Å²) < 4.78 is 15.9. The third kappa shape index (κ3) is 2.55. The van der Waals surface area contributed by atoms with E-state index in [0.717, 1.165) is 5.56 Å². The molecular formula is C21H27NO6. The molecule has 2 aliphatic carbocycles. The Balaban J connectivity index is 1.79. The summed E-state index contributed by atoms with van der Waals surface area (Å²) in [4.78, 5) is 38.8. The fourth-order valence-corrected chi connectivity index (χ4v) is 6.23. The van der Waals surface area contributed by atoms with E-state index >= 15 is 0 Å². The number of furan rings is 1. The molecule has 28 heavy (non-hydrogen) atoms. The first-order valence-electron chi connectivity index (χ1n) is 9.82. The van der Waals surface area contributed by atoms with Gasteiger partial charge in [-0.3, -0.25) is 14.4 Å². The predicted molar refractivity (Wildman–Crippen MR) is 97.7 cm³/mol. The summed E-state index contributed by atoms with van der Waals surface area (Å²) in [6.45, 7) is 3.97. The number of rotatable bonds is 2. The second-order valence-electron chi connectivity index (χ2n) is 9.04. The highest BCUT2D eigenvalue weighted by atomic mass is 16.5. The molecule has 1 unspecified atom stereocenters. The van der Waals surface area contributed by atoms with Crippen LogP contribution in [0, 0.1) is 28.6 Å². The standard InChI is InChI=1S/C21H27NO6/c1-20-6-4-12-19(25)28-15(11-5-7-27-10-11)9-21(12,2)17(20)16(23)14(22)8-13(20)18(24)26-3/h5,7,10,12-15,17H,4,6,8-9,22H2,1-3H3/t12-,13-,14+,15-,17?,20-,21-/m0/s1. The number of nitrogens with two attached hydrogens (primary N) is 1. The minimum absolute atomic E-state index is 0.0597. The molecule has 4 rings (SSSR count). The van der Waals surface area contributed by atoms with Gasteiger partial charge in [-0.05, 0) is 42.6 Å². The molecule has 152 valence electrons. The average molecular weight is 389 g/mol. The minimum Gasteiger partial charge on any atom is -0.472 e. The Kier molecular flexibility index (Phi) is 4.41. The summed E-state index contributed by atoms with van der Waals surface area (Å²) in [6, 6.07) is 1.04. The highest BCUT2D eigenvalue weighted by molar-refractivity contribution is 5.92. The van der Waals surface area contributed by atoms with Gasteiger partial charge in [0.2, 0.25) is 0 Å². The second-order valence-corrected chi connectivity index (χ2v) is 9.04. The number of ether oxygens (including phenoxy) is 2. The third-order valence-corrected chi connectivity index (χ3v) is 7.59. The van der Waals surface area contributed by atoms with Gasteiger partial charge in [0.05, 0.1) is 37.5 Å². The largest absolute Gasteiger partial charge is 0.472 e. The van der Waals surface area contributed by atoms with Crippen molar-refractivity contribution in [3.8, 4) is 0 Å². The van der Waals surface area contributed by atoms with Gasteiger partial charge in [0.25, 0.3) is 0 Å². The van der Waals surface area contributed by atoms with Crippen molar-refractivity contribution in [1.82, 2.24) is 0 Å². The van der Waals surface area contributed by atoms with Gasteiger partial charge in [0.15, 0.2) is 5.78 Å². The van der Waals surface area contributed by atoms with Gasteiger partial charge in [0, 0.05) is 11.5 Å². The van der Waals surface area contributed by atoms with Crippen molar-refractivity contribution in [3.05, 3.63) is 24.2 Å². The van der Waals surface area contributed by atoms with Gasteiger partial charge in [-0.15, -0.1) is 0 Å². The molecule has 1 saturated heterocycles. The van der Waals surface area contributed by atoms with E-state index in [2.05, 4.69) is 0 Å². The molecule has 0 radical (unpaired) electrons. The van der Waals surface area contributed by atoms with E-state index in [-0.39, 0.29) is 30.1 Å². The molecule has 0 spiro atoms. The molecule has 0 amide bonds. The smallest absolute Gasteiger partial charge is 0.310 e. The van der Waals surface area contributed by atoms with Gasteiger partial charge >= 0.3 is 11.9 Å². The lowest BCUT2D eigenvalue weighted by Crippen LogP contribution is -2.65. The number of Topliss-reactive ketones (excluding diaryl/α,β-unsaturated/α-hetero) is 1. The molecule has 3 aliphatic rings. The van der Waals surface area contributed by atoms with Crippen LogP contribution in [0.4, 0.5) is 0 Å². The Labute approximate surface area is 163 Å². The van der Waals surface area contributed by atoms with Crippen molar-refractivity contribution in [2.24, 2.45) is 34.3 Å². The number of hydrogen-bond donors (Lipinski definition) is 1. The molecule has 7 heteroatoms. The van der Waals surface area contributed by atoms with Gasteiger partial charge in [0.1, 0.15) is 6.10 Å². The highest BCUT2D eigenvalue weighted by Gasteiger charge is 2.66. The molecular weight excluding hydrogens is 362 g/mol. The van der Waals surface area contributed by atoms with Crippen molar-refractivity contribution in [1.29, 1.82) is 0 Å². The average Bonchev–Trinajstić information content (AvgIpc) is 3.18. The predicted octanol–water partition coefficient (Wildman–Crippen LogP) is 2.40. The van der Waals surface area contributed by atoms with Crippen molar-refractivity contribution in [2.75, 3.05) is 7.11 Å². The van der Waals surface area contributed by atoms with Crippen LogP contribution in [0.5, 0.6) is 0 Å². The monoisotopic (exact) mass is 389 g/mol. The summed E-state index contributed by atoms with van der Waals surface area (Å²) in [7, 11) is 1.36. The number of methoxy groups -OCH3 is 1. The van der Waals surface area contributed by atoms with E-state index < -0.39 is 34.8 Å². The summed E-state index contributed by atoms with van der Waals surface area (Å²) >= 11 is 0. The zero-order chi connectivity index (χ0) is 20.3. The zero-order valence-electron chi connectivity index (χ0n) is 16.5. The normalized spacial score (nSPS) is 42.9. The van der Waals surface area contributed by atoms with E-state index in [1.54, 1.807) is 12.3 Å². The number of esters is 2. The Morgan fingerprint density at radius 3 is 2.68 bits per heavy atom. The number of carbonyl (C=O) groups is 3. The summed E-state index contributed by atoms with van der Waals surface area (Å²) in [6.07, 6.45) is 4.58. The minimum atomic E-state index is -0.733. The zero-order valence-corrected chi connectivity index (χ0v) is 16.5. The lowest BCUT2D eigenvalue weighted by Gasteiger charge is -2.61. The van der Waals surface area contributed by atoms with Crippen LogP contribution in [0.2, 0.25) is 0 Å². The van der Waals surface area contributed by atoms with Gasteiger partial charge in [-0.1, -0.05) is 13.8 Å². The van der Waals surface area contributed by atoms with Crippen LogP contribution in [0.3, 0.4) is 0 Å². The maximum atomic E-state index is 13.3. The van der Waals surface area contributed by atoms with Crippen LogP contribution in [-0.4, -0.2) is 30.9 Å². The van der Waals surface area contributed by atoms with E-state index in [1.165, 1.54) is 13.4 Å². The Morgan fingerprint density at radius 1 is 1.29 bits per heavy atom. The van der Waals surface area contributed by atoms with E-state index in [1.807, 2.05) is 13.8 Å². The lowest BCUT2D eigenvalue weighted by atomic mass is 9.43. The maximum absolute atomic E-state index is 13.3. The number of fused-ring (bicyclic) bond motifs is 3. The lowest BCUT2D eigenvalue weighted by molar-refractivity contribution is -0.203. The molecule has 0 aromatic carbocycles. The fraction of sp³-hybridized carbons (Fsp3) is 0.667. The first-order chi connectivity index (χ1) is 13.2. The van der Waals surface area contributed by atoms with Crippen LogP contribution in [-0.2, 0) is 23.9 Å².